The van der Waals surface area contributed by atoms with E-state index in [9.17, 15) is 18.0 Å². The number of ketones is 1. The van der Waals surface area contributed by atoms with Crippen molar-refractivity contribution in [1.82, 2.24) is 0 Å². The zero-order chi connectivity index (χ0) is 13.2. The second kappa shape index (κ2) is 5.12. The number of halogens is 3. The second-order valence-electron chi connectivity index (χ2n) is 4.88. The zero-order valence-corrected chi connectivity index (χ0v) is 9.96. The number of hydrogen-bond acceptors (Lipinski definition) is 1. The van der Waals surface area contributed by atoms with E-state index in [-0.39, 0.29) is 0 Å². The van der Waals surface area contributed by atoms with Gasteiger partial charge in [0.1, 0.15) is 5.78 Å². The van der Waals surface area contributed by atoms with E-state index in [1.54, 1.807) is 12.1 Å². The Morgan fingerprint density at radius 3 is 2.11 bits per heavy atom. The Labute approximate surface area is 104 Å². The van der Waals surface area contributed by atoms with Gasteiger partial charge in [0, 0.05) is 12.8 Å². The summed E-state index contributed by atoms with van der Waals surface area (Å²) in [6, 6.07) is 5.34. The van der Waals surface area contributed by atoms with E-state index < -0.39 is 11.7 Å². The summed E-state index contributed by atoms with van der Waals surface area (Å²) in [6.45, 7) is 0. The number of carbonyl (C=O) groups is 1. The molecule has 18 heavy (non-hydrogen) atoms. The van der Waals surface area contributed by atoms with Gasteiger partial charge < -0.3 is 0 Å². The first kappa shape index (κ1) is 13.1. The molecule has 1 aromatic rings. The van der Waals surface area contributed by atoms with Gasteiger partial charge in [-0.2, -0.15) is 13.2 Å². The first-order chi connectivity index (χ1) is 8.45. The number of rotatable bonds is 2. The molecular weight excluding hydrogens is 241 g/mol. The van der Waals surface area contributed by atoms with Gasteiger partial charge in [0.05, 0.1) is 5.56 Å². The van der Waals surface area contributed by atoms with Crippen molar-refractivity contribution in [2.75, 3.05) is 0 Å². The molecule has 1 fully saturated rings. The Morgan fingerprint density at radius 2 is 1.61 bits per heavy atom. The minimum atomic E-state index is -4.27. The monoisotopic (exact) mass is 256 g/mol. The Kier molecular flexibility index (Phi) is 3.73. The number of alkyl halides is 3. The highest BCUT2D eigenvalue weighted by Gasteiger charge is 2.30. The first-order valence-electron chi connectivity index (χ1n) is 6.13. The molecule has 4 heteroatoms. The Hall–Kier alpha value is -1.32. The van der Waals surface area contributed by atoms with Gasteiger partial charge in [0.2, 0.25) is 0 Å². The lowest BCUT2D eigenvalue weighted by Gasteiger charge is -2.21. The summed E-state index contributed by atoms with van der Waals surface area (Å²) >= 11 is 0. The van der Waals surface area contributed by atoms with Crippen LogP contribution in [0, 0.1) is 5.92 Å². The molecule has 0 atom stereocenters. The molecule has 1 aromatic carbocycles. The normalized spacial score (nSPS) is 18.1. The smallest absolute Gasteiger partial charge is 0.300 e. The Bertz CT molecular complexity index is 410. The van der Waals surface area contributed by atoms with Crippen molar-refractivity contribution in [3.05, 3.63) is 35.4 Å². The van der Waals surface area contributed by atoms with Crippen LogP contribution in [0.3, 0.4) is 0 Å². The predicted octanol–water partition coefficient (Wildman–Crippen LogP) is 4.01. The summed E-state index contributed by atoms with van der Waals surface area (Å²) in [5.74, 6) is 0.734. The molecule has 0 radical (unpaired) electrons. The molecule has 2 rings (SSSR count). The summed E-state index contributed by atoms with van der Waals surface area (Å²) in [7, 11) is 0. The summed E-state index contributed by atoms with van der Waals surface area (Å²) in [4.78, 5) is 11.1. The van der Waals surface area contributed by atoms with Crippen LogP contribution in [0.2, 0.25) is 0 Å². The predicted molar refractivity (Wildman–Crippen MR) is 62.1 cm³/mol. The van der Waals surface area contributed by atoms with Crippen LogP contribution in [0.4, 0.5) is 13.2 Å². The van der Waals surface area contributed by atoms with Gasteiger partial charge >= 0.3 is 6.18 Å². The topological polar surface area (TPSA) is 17.1 Å². The number of Topliss-reactive ketones (excluding diaryl/α,β-unsaturated/α-hetero) is 1. The van der Waals surface area contributed by atoms with Crippen molar-refractivity contribution in [1.29, 1.82) is 0 Å². The van der Waals surface area contributed by atoms with Gasteiger partial charge in [0.25, 0.3) is 0 Å². The summed E-state index contributed by atoms with van der Waals surface area (Å²) in [5, 5.41) is 0. The fraction of sp³-hybridized carbons (Fsp3) is 0.500. The third-order valence-corrected chi connectivity index (χ3v) is 3.47. The molecule has 0 unspecified atom stereocenters. The van der Waals surface area contributed by atoms with Crippen molar-refractivity contribution >= 4 is 5.78 Å². The molecule has 0 spiro atoms. The van der Waals surface area contributed by atoms with E-state index in [1.807, 2.05) is 0 Å². The molecule has 0 saturated heterocycles. The molecule has 1 nitrogen and oxygen atoms in total. The summed E-state index contributed by atoms with van der Waals surface area (Å²) in [5.41, 5.74) is 0.312. The maximum atomic E-state index is 12.4. The van der Waals surface area contributed by atoms with E-state index >= 15 is 0 Å². The summed E-state index contributed by atoms with van der Waals surface area (Å²) < 4.78 is 37.2. The molecule has 0 aromatic heterocycles. The van der Waals surface area contributed by atoms with Gasteiger partial charge in [-0.1, -0.05) is 12.1 Å². The van der Waals surface area contributed by atoms with E-state index in [0.29, 0.717) is 24.5 Å². The summed E-state index contributed by atoms with van der Waals surface area (Å²) in [6.07, 6.45) is -0.544. The van der Waals surface area contributed by atoms with Crippen molar-refractivity contribution < 1.29 is 18.0 Å². The number of hydrogen-bond donors (Lipinski definition) is 0. The van der Waals surface area contributed by atoms with Crippen molar-refractivity contribution in [2.45, 2.75) is 38.3 Å². The molecule has 1 aliphatic carbocycles. The van der Waals surface area contributed by atoms with Crippen LogP contribution >= 0.6 is 0 Å². The van der Waals surface area contributed by atoms with Crippen LogP contribution in [0.5, 0.6) is 0 Å². The van der Waals surface area contributed by atoms with Crippen LogP contribution in [0.25, 0.3) is 0 Å². The third-order valence-electron chi connectivity index (χ3n) is 3.47. The highest BCUT2D eigenvalue weighted by Crippen LogP contribution is 2.30. The van der Waals surface area contributed by atoms with Gasteiger partial charge in [-0.3, -0.25) is 4.79 Å². The lowest BCUT2D eigenvalue weighted by atomic mass is 9.84. The first-order valence-corrected chi connectivity index (χ1v) is 6.13. The standard InChI is InChI=1S/C14H15F3O/c15-14(16,17)12-5-1-10(2-6-12)9-11-3-7-13(18)8-4-11/h1-2,5-6,11H,3-4,7-9H2. The van der Waals surface area contributed by atoms with Crippen molar-refractivity contribution in [2.24, 2.45) is 5.92 Å². The van der Waals surface area contributed by atoms with Crippen LogP contribution in [0.1, 0.15) is 36.8 Å². The largest absolute Gasteiger partial charge is 0.416 e. The minimum Gasteiger partial charge on any atom is -0.300 e. The highest BCUT2D eigenvalue weighted by molar-refractivity contribution is 5.79. The van der Waals surface area contributed by atoms with E-state index in [4.69, 9.17) is 0 Å². The van der Waals surface area contributed by atoms with E-state index in [2.05, 4.69) is 0 Å². The number of carbonyl (C=O) groups excluding carboxylic acids is 1. The van der Waals surface area contributed by atoms with E-state index in [0.717, 1.165) is 37.0 Å². The van der Waals surface area contributed by atoms with Gasteiger partial charge in [-0.25, -0.2) is 0 Å². The maximum absolute atomic E-state index is 12.4. The average molecular weight is 256 g/mol. The Balaban J connectivity index is 1.96. The Morgan fingerprint density at radius 1 is 1.06 bits per heavy atom. The molecule has 0 aliphatic heterocycles. The molecule has 1 saturated carbocycles. The molecule has 0 bridgehead atoms. The van der Waals surface area contributed by atoms with Gasteiger partial charge in [0.15, 0.2) is 0 Å². The van der Waals surface area contributed by atoms with Crippen molar-refractivity contribution in [3.63, 3.8) is 0 Å². The lowest BCUT2D eigenvalue weighted by molar-refractivity contribution is -0.137. The molecule has 98 valence electrons. The van der Waals surface area contributed by atoms with Crippen LogP contribution in [0.15, 0.2) is 24.3 Å². The lowest BCUT2D eigenvalue weighted by Crippen LogP contribution is -2.15. The van der Waals surface area contributed by atoms with E-state index in [1.165, 1.54) is 0 Å². The molecule has 1 aliphatic rings. The maximum Gasteiger partial charge on any atom is 0.416 e. The second-order valence-corrected chi connectivity index (χ2v) is 4.88. The van der Waals surface area contributed by atoms with Crippen LogP contribution in [-0.2, 0) is 17.4 Å². The van der Waals surface area contributed by atoms with Crippen LogP contribution < -0.4 is 0 Å². The minimum absolute atomic E-state index is 0.304. The molecule has 0 heterocycles. The molecule has 0 amide bonds. The zero-order valence-electron chi connectivity index (χ0n) is 9.96. The van der Waals surface area contributed by atoms with Gasteiger partial charge in [-0.15, -0.1) is 0 Å². The third kappa shape index (κ3) is 3.34. The van der Waals surface area contributed by atoms with Crippen molar-refractivity contribution in [3.8, 4) is 0 Å². The number of benzene rings is 1. The van der Waals surface area contributed by atoms with Crippen LogP contribution in [-0.4, -0.2) is 5.78 Å². The average Bonchev–Trinajstić information content (AvgIpc) is 2.32. The van der Waals surface area contributed by atoms with Gasteiger partial charge in [-0.05, 0) is 42.9 Å². The fourth-order valence-electron chi connectivity index (χ4n) is 2.37. The quantitative estimate of drug-likeness (QED) is 0.781. The fourth-order valence-corrected chi connectivity index (χ4v) is 2.37. The molecular formula is C14H15F3O. The molecule has 0 N–H and O–H groups in total. The highest BCUT2D eigenvalue weighted by atomic mass is 19.4. The SMILES string of the molecule is O=C1CCC(Cc2ccc(C(F)(F)F)cc2)CC1.